The van der Waals surface area contributed by atoms with Crippen molar-refractivity contribution in [3.63, 3.8) is 0 Å². The van der Waals surface area contributed by atoms with Crippen LogP contribution in [0.3, 0.4) is 0 Å². The molecule has 27 heavy (non-hydrogen) atoms. The molecule has 2 aromatic rings. The summed E-state index contributed by atoms with van der Waals surface area (Å²) in [4.78, 5) is 22.5. The summed E-state index contributed by atoms with van der Waals surface area (Å²) >= 11 is 1.57. The van der Waals surface area contributed by atoms with Crippen LogP contribution >= 0.6 is 22.6 Å². The van der Waals surface area contributed by atoms with Gasteiger partial charge in [0, 0.05) is 15.8 Å². The highest BCUT2D eigenvalue weighted by Crippen LogP contribution is 2.40. The number of benzene rings is 1. The summed E-state index contributed by atoms with van der Waals surface area (Å²) in [6, 6.07) is 3.51. The Balaban J connectivity index is 2.95. The lowest BCUT2D eigenvalue weighted by molar-refractivity contribution is -0.384. The van der Waals surface area contributed by atoms with Crippen molar-refractivity contribution >= 4 is 39.9 Å². The second-order valence-corrected chi connectivity index (χ2v) is 6.10. The zero-order valence-corrected chi connectivity index (χ0v) is 15.4. The van der Waals surface area contributed by atoms with Gasteiger partial charge in [-0.15, -0.1) is 13.2 Å². The quantitative estimate of drug-likeness (QED) is 0.298. The molecule has 0 aliphatic rings. The van der Waals surface area contributed by atoms with Gasteiger partial charge < -0.3 is 15.2 Å². The van der Waals surface area contributed by atoms with E-state index in [1.165, 1.54) is 0 Å². The Labute approximate surface area is 162 Å². The first-order chi connectivity index (χ1) is 12.5. The van der Waals surface area contributed by atoms with Crippen LogP contribution in [0.2, 0.25) is 0 Å². The highest BCUT2D eigenvalue weighted by Gasteiger charge is 2.36. The fourth-order valence-electron chi connectivity index (χ4n) is 2.24. The minimum absolute atomic E-state index is 0.0718. The van der Waals surface area contributed by atoms with Crippen LogP contribution in [0.1, 0.15) is 16.1 Å². The maximum atomic E-state index is 12.8. The number of alkyl halides is 3. The molecule has 2 rings (SSSR count). The number of hydrogen-bond acceptors (Lipinski definition) is 7. The zero-order chi connectivity index (χ0) is 20.5. The number of aromatic nitrogens is 1. The standard InChI is InChI=1S/C14H8F3IN4O5/c1-26-13(23)12-10(20)6(4-19)5-21(12)11-8(22(24)25)2-7(18)3-9(11)27-14(15,16)17/h2-3,5H,20H2,1H3. The monoisotopic (exact) mass is 496 g/mol. The third kappa shape index (κ3) is 4.05. The van der Waals surface area contributed by atoms with Gasteiger partial charge in [0.05, 0.1) is 23.3 Å². The van der Waals surface area contributed by atoms with E-state index in [0.29, 0.717) is 4.57 Å². The highest BCUT2D eigenvalue weighted by atomic mass is 127. The molecule has 0 spiro atoms. The number of anilines is 1. The molecule has 0 bridgehead atoms. The molecule has 1 aromatic heterocycles. The number of esters is 1. The zero-order valence-electron chi connectivity index (χ0n) is 13.2. The number of hydrogen-bond donors (Lipinski definition) is 1. The molecule has 0 atom stereocenters. The smallest absolute Gasteiger partial charge is 0.464 e. The number of carbonyl (C=O) groups excluding carboxylic acids is 1. The third-order valence-corrected chi connectivity index (χ3v) is 3.85. The second kappa shape index (κ2) is 7.31. The van der Waals surface area contributed by atoms with Crippen LogP contribution in [-0.2, 0) is 4.74 Å². The van der Waals surface area contributed by atoms with Gasteiger partial charge in [0.2, 0.25) is 0 Å². The van der Waals surface area contributed by atoms with Gasteiger partial charge in [-0.05, 0) is 28.7 Å². The summed E-state index contributed by atoms with van der Waals surface area (Å²) in [7, 11) is 0.973. The summed E-state index contributed by atoms with van der Waals surface area (Å²) in [5, 5.41) is 20.5. The van der Waals surface area contributed by atoms with E-state index in [1.807, 2.05) is 0 Å². The molecule has 0 aliphatic carbocycles. The van der Waals surface area contributed by atoms with E-state index >= 15 is 0 Å². The lowest BCUT2D eigenvalue weighted by atomic mass is 10.2. The highest BCUT2D eigenvalue weighted by molar-refractivity contribution is 14.1. The lowest BCUT2D eigenvalue weighted by Gasteiger charge is -2.16. The van der Waals surface area contributed by atoms with Crippen molar-refractivity contribution in [3.05, 3.63) is 43.3 Å². The number of nitrogens with zero attached hydrogens (tertiary/aromatic N) is 3. The van der Waals surface area contributed by atoms with Crippen LogP contribution in [0.5, 0.6) is 5.75 Å². The minimum Gasteiger partial charge on any atom is -0.464 e. The van der Waals surface area contributed by atoms with E-state index in [-0.39, 0.29) is 9.13 Å². The number of nitro groups is 1. The molecular formula is C14H8F3IN4O5. The topological polar surface area (TPSA) is 133 Å². The fraction of sp³-hybridized carbons (Fsp3) is 0.143. The maximum absolute atomic E-state index is 12.8. The molecule has 2 N–H and O–H groups in total. The SMILES string of the molecule is COC(=O)c1c(N)c(C#N)cn1-c1c(OC(F)(F)F)cc(I)cc1[N+](=O)[O-]. The average Bonchev–Trinajstić information content (AvgIpc) is 2.88. The van der Waals surface area contributed by atoms with Gasteiger partial charge in [-0.3, -0.25) is 14.7 Å². The fourth-order valence-corrected chi connectivity index (χ4v) is 2.81. The molecule has 0 saturated carbocycles. The Bertz CT molecular complexity index is 981. The molecule has 0 amide bonds. The number of nitrogens with two attached hydrogens (primary N) is 1. The summed E-state index contributed by atoms with van der Waals surface area (Å²) in [6.45, 7) is 0. The molecule has 0 fully saturated rings. The van der Waals surface area contributed by atoms with Gasteiger partial charge in [0.15, 0.2) is 17.1 Å². The van der Waals surface area contributed by atoms with Gasteiger partial charge >= 0.3 is 12.3 Å². The number of rotatable bonds is 4. The van der Waals surface area contributed by atoms with Crippen LogP contribution in [0.15, 0.2) is 18.3 Å². The van der Waals surface area contributed by atoms with E-state index < -0.39 is 45.8 Å². The van der Waals surface area contributed by atoms with Crippen LogP contribution < -0.4 is 10.5 Å². The predicted octanol–water partition coefficient (Wildman–Crippen LogP) is 3.13. The van der Waals surface area contributed by atoms with Crippen LogP contribution in [-0.4, -0.2) is 28.9 Å². The largest absolute Gasteiger partial charge is 0.573 e. The van der Waals surface area contributed by atoms with Crippen LogP contribution in [0.4, 0.5) is 24.5 Å². The molecule has 1 heterocycles. The van der Waals surface area contributed by atoms with Crippen molar-refractivity contribution in [2.75, 3.05) is 12.8 Å². The summed E-state index contributed by atoms with van der Waals surface area (Å²) in [5.74, 6) is -2.06. The van der Waals surface area contributed by atoms with E-state index in [1.54, 1.807) is 28.7 Å². The van der Waals surface area contributed by atoms with Crippen molar-refractivity contribution in [1.82, 2.24) is 4.57 Å². The minimum atomic E-state index is -5.17. The van der Waals surface area contributed by atoms with Gasteiger partial charge in [0.1, 0.15) is 6.07 Å². The van der Waals surface area contributed by atoms with E-state index in [2.05, 4.69) is 9.47 Å². The van der Waals surface area contributed by atoms with Crippen molar-refractivity contribution < 1.29 is 32.4 Å². The normalized spacial score (nSPS) is 11.0. The van der Waals surface area contributed by atoms with E-state index in [4.69, 9.17) is 11.0 Å². The lowest BCUT2D eigenvalue weighted by Crippen LogP contribution is -2.20. The third-order valence-electron chi connectivity index (χ3n) is 3.23. The molecule has 0 saturated heterocycles. The van der Waals surface area contributed by atoms with Gasteiger partial charge in [0.25, 0.3) is 5.69 Å². The number of ether oxygens (including phenoxy) is 2. The Hall–Kier alpha value is -3.02. The Morgan fingerprint density at radius 2 is 2.07 bits per heavy atom. The summed E-state index contributed by atoms with van der Waals surface area (Å²) in [6.07, 6.45) is -4.28. The maximum Gasteiger partial charge on any atom is 0.573 e. The number of nitro benzene ring substituents is 1. The Morgan fingerprint density at radius 3 is 2.56 bits per heavy atom. The molecule has 0 radical (unpaired) electrons. The summed E-state index contributed by atoms with van der Waals surface area (Å²) < 4.78 is 47.6. The summed E-state index contributed by atoms with van der Waals surface area (Å²) in [5.41, 5.74) is 2.90. The van der Waals surface area contributed by atoms with E-state index in [9.17, 15) is 28.1 Å². The van der Waals surface area contributed by atoms with Crippen LogP contribution in [0.25, 0.3) is 5.69 Å². The molecule has 0 unspecified atom stereocenters. The van der Waals surface area contributed by atoms with Gasteiger partial charge in [-0.2, -0.15) is 5.26 Å². The van der Waals surface area contributed by atoms with Crippen LogP contribution in [0, 0.1) is 25.0 Å². The number of nitrogen functional groups attached to an aromatic ring is 1. The molecule has 0 aliphatic heterocycles. The first-order valence-corrected chi connectivity index (χ1v) is 7.81. The number of halogens is 4. The van der Waals surface area contributed by atoms with Crippen molar-refractivity contribution in [2.45, 2.75) is 6.36 Å². The Kier molecular flexibility index (Phi) is 5.49. The average molecular weight is 496 g/mol. The van der Waals surface area contributed by atoms with Crippen molar-refractivity contribution in [3.8, 4) is 17.5 Å². The predicted molar refractivity (Wildman–Crippen MR) is 92.3 cm³/mol. The second-order valence-electron chi connectivity index (χ2n) is 4.86. The number of methoxy groups -OCH3 is 1. The first kappa shape index (κ1) is 20.3. The Morgan fingerprint density at radius 1 is 1.44 bits per heavy atom. The van der Waals surface area contributed by atoms with E-state index in [0.717, 1.165) is 25.4 Å². The molecule has 9 nitrogen and oxygen atoms in total. The molecular weight excluding hydrogens is 488 g/mol. The number of carbonyl (C=O) groups is 1. The first-order valence-electron chi connectivity index (χ1n) is 6.73. The van der Waals surface area contributed by atoms with Gasteiger partial charge in [-0.25, -0.2) is 4.79 Å². The van der Waals surface area contributed by atoms with Crippen molar-refractivity contribution in [2.24, 2.45) is 0 Å². The van der Waals surface area contributed by atoms with Gasteiger partial charge in [-0.1, -0.05) is 0 Å². The molecule has 13 heteroatoms. The molecule has 142 valence electrons. The van der Waals surface area contributed by atoms with Crippen molar-refractivity contribution in [1.29, 1.82) is 5.26 Å². The number of nitriles is 1. The molecule has 1 aromatic carbocycles.